The van der Waals surface area contributed by atoms with Gasteiger partial charge in [-0.1, -0.05) is 0 Å². The molecule has 3 rings (SSSR count). The van der Waals surface area contributed by atoms with Gasteiger partial charge >= 0.3 is 5.97 Å². The van der Waals surface area contributed by atoms with Crippen LogP contribution in [0.25, 0.3) is 0 Å². The maximum atomic E-state index is 12.9. The Morgan fingerprint density at radius 1 is 1.28 bits per heavy atom. The number of esters is 1. The minimum absolute atomic E-state index is 0.315. The van der Waals surface area contributed by atoms with E-state index in [1.165, 1.54) is 23.8 Å². The third-order valence-electron chi connectivity index (χ3n) is 5.00. The number of hydrogen-bond acceptors (Lipinski definition) is 7. The van der Waals surface area contributed by atoms with Crippen LogP contribution in [0.5, 0.6) is 5.75 Å². The highest BCUT2D eigenvalue weighted by molar-refractivity contribution is 5.66. The molecule has 0 bridgehead atoms. The maximum absolute atomic E-state index is 12.9. The molecule has 0 fully saturated rings. The highest BCUT2D eigenvalue weighted by atomic mass is 16.6. The molecule has 0 unspecified atom stereocenters. The second kappa shape index (κ2) is 7.70. The van der Waals surface area contributed by atoms with Crippen LogP contribution in [0.15, 0.2) is 35.3 Å². The molecule has 2 aromatic rings. The molecule has 29 heavy (non-hydrogen) atoms. The van der Waals surface area contributed by atoms with Crippen LogP contribution >= 0.6 is 0 Å². The lowest BCUT2D eigenvalue weighted by Gasteiger charge is -2.44. The maximum Gasteiger partial charge on any atom is 0.303 e. The van der Waals surface area contributed by atoms with Crippen molar-refractivity contribution in [1.29, 1.82) is 5.26 Å². The number of pyridine rings is 1. The number of carbonyl (C=O) groups is 1. The van der Waals surface area contributed by atoms with Gasteiger partial charge in [-0.15, -0.1) is 0 Å². The van der Waals surface area contributed by atoms with Crippen LogP contribution < -0.4 is 10.3 Å². The molecule has 8 heteroatoms. The molecule has 1 aromatic heterocycles. The number of hydrogen-bond donors (Lipinski definition) is 2. The average molecular weight is 398 g/mol. The largest absolute Gasteiger partial charge is 0.484 e. The third-order valence-corrected chi connectivity index (χ3v) is 5.00. The summed E-state index contributed by atoms with van der Waals surface area (Å²) in [5.74, 6) is -0.0787. The lowest BCUT2D eigenvalue weighted by atomic mass is 9.85. The van der Waals surface area contributed by atoms with E-state index in [0.717, 1.165) is 0 Å². The molecule has 2 heterocycles. The summed E-state index contributed by atoms with van der Waals surface area (Å²) in [5, 5.41) is 28.5. The highest BCUT2D eigenvalue weighted by Crippen LogP contribution is 2.43. The summed E-state index contributed by atoms with van der Waals surface area (Å²) in [6.45, 7) is 3.98. The zero-order valence-corrected chi connectivity index (χ0v) is 16.4. The van der Waals surface area contributed by atoms with Crippen molar-refractivity contribution in [2.24, 2.45) is 0 Å². The number of aliphatic hydroxyl groups is 2. The normalized spacial score (nSPS) is 19.6. The van der Waals surface area contributed by atoms with Gasteiger partial charge in [0.1, 0.15) is 17.4 Å². The summed E-state index contributed by atoms with van der Waals surface area (Å²) in [4.78, 5) is 24.7. The van der Waals surface area contributed by atoms with Crippen LogP contribution in [0.1, 0.15) is 49.1 Å². The molecular formula is C21H22N2O6. The standard InChI is InChI=1S/C21H22N2O6/c1-12(26)28-20-19(23-9-15(11-25)14(10-24)7-18(23)27)16-6-13(8-22)4-5-17(16)29-21(20,2)3/h4-7,9,19-20,24-25H,10-11H2,1-3H3/t19-,20+/m0/s1. The number of fused-ring (bicyclic) bond motifs is 1. The molecule has 0 saturated heterocycles. The topological polar surface area (TPSA) is 122 Å². The number of ether oxygens (including phenoxy) is 2. The zero-order chi connectivity index (χ0) is 21.3. The van der Waals surface area contributed by atoms with Crippen LogP contribution in [-0.2, 0) is 22.7 Å². The van der Waals surface area contributed by atoms with Crippen molar-refractivity contribution in [2.45, 2.75) is 51.7 Å². The fraction of sp³-hybridized carbons (Fsp3) is 0.381. The van der Waals surface area contributed by atoms with Gasteiger partial charge in [0, 0.05) is 24.8 Å². The van der Waals surface area contributed by atoms with Gasteiger partial charge in [-0.3, -0.25) is 9.59 Å². The van der Waals surface area contributed by atoms with E-state index in [1.807, 2.05) is 0 Å². The number of aromatic nitrogens is 1. The molecule has 0 aliphatic carbocycles. The van der Waals surface area contributed by atoms with Crippen LogP contribution in [0.2, 0.25) is 0 Å². The van der Waals surface area contributed by atoms with E-state index in [0.29, 0.717) is 28.0 Å². The smallest absolute Gasteiger partial charge is 0.303 e. The minimum Gasteiger partial charge on any atom is -0.484 e. The number of nitrogens with zero attached hydrogens (tertiary/aromatic N) is 2. The van der Waals surface area contributed by atoms with Crippen LogP contribution in [-0.4, -0.2) is 32.5 Å². The Bertz CT molecular complexity index is 1050. The number of benzene rings is 1. The summed E-state index contributed by atoms with van der Waals surface area (Å²) >= 11 is 0. The Balaban J connectivity index is 2.31. The molecule has 0 spiro atoms. The van der Waals surface area contributed by atoms with Crippen molar-refractivity contribution in [1.82, 2.24) is 4.57 Å². The van der Waals surface area contributed by atoms with Crippen molar-refractivity contribution >= 4 is 5.97 Å². The van der Waals surface area contributed by atoms with Crippen molar-refractivity contribution in [2.75, 3.05) is 0 Å². The summed E-state index contributed by atoms with van der Waals surface area (Å²) < 4.78 is 13.0. The van der Waals surface area contributed by atoms with Crippen molar-refractivity contribution in [3.63, 3.8) is 0 Å². The van der Waals surface area contributed by atoms with E-state index >= 15 is 0 Å². The number of aliphatic hydroxyl groups excluding tert-OH is 2. The number of nitriles is 1. The second-order valence-corrected chi connectivity index (χ2v) is 7.43. The molecule has 152 valence electrons. The summed E-state index contributed by atoms with van der Waals surface area (Å²) in [7, 11) is 0. The summed E-state index contributed by atoms with van der Waals surface area (Å²) in [6.07, 6.45) is 0.560. The second-order valence-electron chi connectivity index (χ2n) is 7.43. The molecule has 2 N–H and O–H groups in total. The van der Waals surface area contributed by atoms with Crippen molar-refractivity contribution < 1.29 is 24.5 Å². The van der Waals surface area contributed by atoms with Gasteiger partial charge in [-0.25, -0.2) is 0 Å². The first-order chi connectivity index (χ1) is 13.7. The predicted molar refractivity (Wildman–Crippen MR) is 102 cm³/mol. The molecule has 1 aromatic carbocycles. The van der Waals surface area contributed by atoms with Crippen LogP contribution in [0, 0.1) is 11.3 Å². The minimum atomic E-state index is -0.980. The monoisotopic (exact) mass is 398 g/mol. The van der Waals surface area contributed by atoms with Crippen LogP contribution in [0.4, 0.5) is 0 Å². The molecule has 8 nitrogen and oxygen atoms in total. The number of rotatable bonds is 4. The molecule has 0 radical (unpaired) electrons. The van der Waals surface area contributed by atoms with Gasteiger partial charge < -0.3 is 24.3 Å². The lowest BCUT2D eigenvalue weighted by molar-refractivity contribution is -0.163. The van der Waals surface area contributed by atoms with Gasteiger partial charge in [0.15, 0.2) is 6.10 Å². The summed E-state index contributed by atoms with van der Waals surface area (Å²) in [6, 6.07) is 7.35. The Labute approximate surface area is 167 Å². The molecule has 0 amide bonds. The van der Waals surface area contributed by atoms with E-state index in [1.54, 1.807) is 32.0 Å². The van der Waals surface area contributed by atoms with E-state index in [9.17, 15) is 25.1 Å². The Hall–Kier alpha value is -3.15. The van der Waals surface area contributed by atoms with Gasteiger partial charge in [0.05, 0.1) is 24.8 Å². The van der Waals surface area contributed by atoms with Crippen LogP contribution in [0.3, 0.4) is 0 Å². The predicted octanol–water partition coefficient (Wildman–Crippen LogP) is 1.40. The SMILES string of the molecule is CC(=O)O[C@@H]1[C@@H](n2cc(CO)c(CO)cc2=O)c2cc(C#N)ccc2OC1(C)C. The van der Waals surface area contributed by atoms with Gasteiger partial charge in [-0.2, -0.15) is 5.26 Å². The molecule has 0 saturated carbocycles. The third kappa shape index (κ3) is 3.75. The Morgan fingerprint density at radius 2 is 1.97 bits per heavy atom. The first-order valence-corrected chi connectivity index (χ1v) is 9.07. The fourth-order valence-electron chi connectivity index (χ4n) is 3.65. The first kappa shape index (κ1) is 20.6. The average Bonchev–Trinajstić information content (AvgIpc) is 2.67. The Morgan fingerprint density at radius 3 is 2.55 bits per heavy atom. The van der Waals surface area contributed by atoms with Gasteiger partial charge in [0.2, 0.25) is 0 Å². The van der Waals surface area contributed by atoms with E-state index in [-0.39, 0.29) is 6.61 Å². The first-order valence-electron chi connectivity index (χ1n) is 9.07. The van der Waals surface area contributed by atoms with E-state index < -0.39 is 35.9 Å². The van der Waals surface area contributed by atoms with E-state index in [4.69, 9.17) is 9.47 Å². The highest BCUT2D eigenvalue weighted by Gasteiger charge is 2.47. The molecular weight excluding hydrogens is 376 g/mol. The van der Waals surface area contributed by atoms with Gasteiger partial charge in [-0.05, 0) is 43.2 Å². The summed E-state index contributed by atoms with van der Waals surface area (Å²) in [5.41, 5.74) is 0.135. The molecule has 1 aliphatic heterocycles. The van der Waals surface area contributed by atoms with E-state index in [2.05, 4.69) is 6.07 Å². The van der Waals surface area contributed by atoms with Crippen molar-refractivity contribution in [3.05, 3.63) is 63.1 Å². The zero-order valence-electron chi connectivity index (χ0n) is 16.4. The number of carbonyl (C=O) groups excluding carboxylic acids is 1. The van der Waals surface area contributed by atoms with Crippen molar-refractivity contribution in [3.8, 4) is 11.8 Å². The Kier molecular flexibility index (Phi) is 5.46. The quantitative estimate of drug-likeness (QED) is 0.747. The molecule has 1 aliphatic rings. The van der Waals surface area contributed by atoms with Gasteiger partial charge in [0.25, 0.3) is 5.56 Å². The lowest BCUT2D eigenvalue weighted by Crippen LogP contribution is -2.54. The molecule has 2 atom stereocenters. The fourth-order valence-corrected chi connectivity index (χ4v) is 3.65.